The van der Waals surface area contributed by atoms with E-state index in [1.807, 2.05) is 44.2 Å². The van der Waals surface area contributed by atoms with E-state index in [9.17, 15) is 0 Å². The first kappa shape index (κ1) is 12.1. The second-order valence-corrected chi connectivity index (χ2v) is 4.64. The van der Waals surface area contributed by atoms with Crippen LogP contribution in [0.1, 0.15) is 18.2 Å². The highest BCUT2D eigenvalue weighted by Gasteiger charge is 2.15. The van der Waals surface area contributed by atoms with Crippen molar-refractivity contribution < 1.29 is 0 Å². The minimum absolute atomic E-state index is 0.0830. The Balaban J connectivity index is 2.44. The number of para-hydroxylation sites is 1. The van der Waals surface area contributed by atoms with Crippen molar-refractivity contribution in [3.8, 4) is 5.69 Å². The molecule has 0 fully saturated rings. The molecule has 4 heteroatoms. The molecule has 1 aromatic heterocycles. The van der Waals surface area contributed by atoms with Gasteiger partial charge in [0.25, 0.3) is 0 Å². The zero-order chi connectivity index (χ0) is 12.4. The molecule has 0 spiro atoms. The fourth-order valence-electron chi connectivity index (χ4n) is 1.83. The molecule has 0 bridgehead atoms. The van der Waals surface area contributed by atoms with Crippen LogP contribution in [0.5, 0.6) is 0 Å². The summed E-state index contributed by atoms with van der Waals surface area (Å²) >= 11 is 6.35. The zero-order valence-electron chi connectivity index (χ0n) is 10.0. The standard InChI is InChI=1S/C13H16ClN3/c1-9(15)8-12-10(2)16-17(13(12)14)11-6-4-3-5-7-11/h3-7,9H,8,15H2,1-2H3. The first-order valence-electron chi connectivity index (χ1n) is 5.64. The van der Waals surface area contributed by atoms with Crippen molar-refractivity contribution in [3.63, 3.8) is 0 Å². The maximum absolute atomic E-state index is 6.35. The number of aryl methyl sites for hydroxylation is 1. The number of hydrogen-bond acceptors (Lipinski definition) is 2. The molecule has 0 aliphatic heterocycles. The zero-order valence-corrected chi connectivity index (χ0v) is 10.8. The monoisotopic (exact) mass is 249 g/mol. The predicted octanol–water partition coefficient (Wildman–Crippen LogP) is 2.72. The van der Waals surface area contributed by atoms with Crippen LogP contribution in [0.25, 0.3) is 5.69 Å². The Morgan fingerprint density at radius 3 is 2.59 bits per heavy atom. The van der Waals surface area contributed by atoms with Crippen molar-refractivity contribution >= 4 is 11.6 Å². The summed E-state index contributed by atoms with van der Waals surface area (Å²) in [6.07, 6.45) is 0.748. The van der Waals surface area contributed by atoms with Gasteiger partial charge in [-0.25, -0.2) is 4.68 Å². The van der Waals surface area contributed by atoms with Crippen molar-refractivity contribution in [2.75, 3.05) is 0 Å². The molecule has 0 amide bonds. The normalized spacial score (nSPS) is 12.7. The second-order valence-electron chi connectivity index (χ2n) is 4.28. The van der Waals surface area contributed by atoms with E-state index in [2.05, 4.69) is 5.10 Å². The summed E-state index contributed by atoms with van der Waals surface area (Å²) in [6, 6.07) is 9.94. The molecule has 0 saturated carbocycles. The Hall–Kier alpha value is -1.32. The van der Waals surface area contributed by atoms with Gasteiger partial charge in [0.15, 0.2) is 0 Å². The van der Waals surface area contributed by atoms with Crippen molar-refractivity contribution in [1.29, 1.82) is 0 Å². The third kappa shape index (κ3) is 2.51. The van der Waals surface area contributed by atoms with E-state index in [-0.39, 0.29) is 6.04 Å². The van der Waals surface area contributed by atoms with E-state index < -0.39 is 0 Å². The Labute approximate surface area is 106 Å². The SMILES string of the molecule is Cc1nn(-c2ccccc2)c(Cl)c1CC(C)N. The lowest BCUT2D eigenvalue weighted by atomic mass is 10.1. The van der Waals surface area contributed by atoms with Gasteiger partial charge >= 0.3 is 0 Å². The van der Waals surface area contributed by atoms with Crippen LogP contribution in [0.2, 0.25) is 5.15 Å². The van der Waals surface area contributed by atoms with Gasteiger partial charge in [-0.05, 0) is 32.4 Å². The van der Waals surface area contributed by atoms with Crippen LogP contribution < -0.4 is 5.73 Å². The number of rotatable bonds is 3. The van der Waals surface area contributed by atoms with Crippen LogP contribution in [-0.2, 0) is 6.42 Å². The Kier molecular flexibility index (Phi) is 3.50. The van der Waals surface area contributed by atoms with E-state index >= 15 is 0 Å². The predicted molar refractivity (Wildman–Crippen MR) is 70.7 cm³/mol. The van der Waals surface area contributed by atoms with Gasteiger partial charge < -0.3 is 5.73 Å². The van der Waals surface area contributed by atoms with Gasteiger partial charge in [0.1, 0.15) is 5.15 Å². The molecule has 0 saturated heterocycles. The fourth-order valence-corrected chi connectivity index (χ4v) is 2.17. The Morgan fingerprint density at radius 1 is 1.35 bits per heavy atom. The Bertz CT molecular complexity index is 503. The summed E-state index contributed by atoms with van der Waals surface area (Å²) in [6.45, 7) is 3.93. The van der Waals surface area contributed by atoms with Crippen LogP contribution in [-0.4, -0.2) is 15.8 Å². The minimum atomic E-state index is 0.0830. The summed E-state index contributed by atoms with van der Waals surface area (Å²) in [7, 11) is 0. The van der Waals surface area contributed by atoms with Crippen molar-refractivity contribution in [1.82, 2.24) is 9.78 Å². The summed E-state index contributed by atoms with van der Waals surface area (Å²) in [5.41, 5.74) is 8.76. The highest BCUT2D eigenvalue weighted by atomic mass is 35.5. The molecule has 0 radical (unpaired) electrons. The van der Waals surface area contributed by atoms with Crippen LogP contribution in [0.15, 0.2) is 30.3 Å². The van der Waals surface area contributed by atoms with Crippen molar-refractivity contribution in [3.05, 3.63) is 46.7 Å². The van der Waals surface area contributed by atoms with Gasteiger partial charge in [-0.1, -0.05) is 29.8 Å². The molecule has 0 aliphatic rings. The summed E-state index contributed by atoms with van der Waals surface area (Å²) in [5, 5.41) is 5.12. The van der Waals surface area contributed by atoms with E-state index in [1.54, 1.807) is 4.68 Å². The van der Waals surface area contributed by atoms with E-state index in [1.165, 1.54) is 0 Å². The van der Waals surface area contributed by atoms with E-state index in [0.29, 0.717) is 5.15 Å². The first-order valence-corrected chi connectivity index (χ1v) is 6.02. The molecular weight excluding hydrogens is 234 g/mol. The average molecular weight is 250 g/mol. The molecule has 2 N–H and O–H groups in total. The number of halogens is 1. The lowest BCUT2D eigenvalue weighted by Crippen LogP contribution is -2.18. The molecule has 1 atom stereocenters. The second kappa shape index (κ2) is 4.90. The van der Waals surface area contributed by atoms with Gasteiger partial charge in [-0.2, -0.15) is 5.10 Å². The molecule has 1 heterocycles. The van der Waals surface area contributed by atoms with Crippen LogP contribution in [0.3, 0.4) is 0 Å². The van der Waals surface area contributed by atoms with E-state index in [0.717, 1.165) is 23.4 Å². The number of hydrogen-bond donors (Lipinski definition) is 1. The molecule has 2 aromatic rings. The number of aromatic nitrogens is 2. The molecule has 90 valence electrons. The molecule has 1 aromatic carbocycles. The van der Waals surface area contributed by atoms with Gasteiger partial charge in [0, 0.05) is 11.6 Å². The highest BCUT2D eigenvalue weighted by molar-refractivity contribution is 6.30. The molecule has 17 heavy (non-hydrogen) atoms. The number of nitrogens with zero attached hydrogens (tertiary/aromatic N) is 2. The third-order valence-electron chi connectivity index (χ3n) is 2.65. The maximum Gasteiger partial charge on any atom is 0.136 e. The van der Waals surface area contributed by atoms with Crippen LogP contribution in [0, 0.1) is 6.92 Å². The quantitative estimate of drug-likeness (QED) is 0.909. The van der Waals surface area contributed by atoms with Crippen molar-refractivity contribution in [2.45, 2.75) is 26.3 Å². The van der Waals surface area contributed by atoms with Gasteiger partial charge in [0.05, 0.1) is 11.4 Å². The number of nitrogens with two attached hydrogens (primary N) is 1. The van der Waals surface area contributed by atoms with Crippen LogP contribution >= 0.6 is 11.6 Å². The fraction of sp³-hybridized carbons (Fsp3) is 0.308. The summed E-state index contributed by atoms with van der Waals surface area (Å²) in [4.78, 5) is 0. The molecule has 2 rings (SSSR count). The average Bonchev–Trinajstić information content (AvgIpc) is 2.58. The first-order chi connectivity index (χ1) is 8.09. The van der Waals surface area contributed by atoms with Gasteiger partial charge in [-0.3, -0.25) is 0 Å². The maximum atomic E-state index is 6.35. The van der Waals surface area contributed by atoms with Crippen LogP contribution in [0.4, 0.5) is 0 Å². The molecular formula is C13H16ClN3. The molecule has 0 aliphatic carbocycles. The van der Waals surface area contributed by atoms with Gasteiger partial charge in [0.2, 0.25) is 0 Å². The molecule has 1 unspecified atom stereocenters. The lowest BCUT2D eigenvalue weighted by Gasteiger charge is -2.05. The van der Waals surface area contributed by atoms with E-state index in [4.69, 9.17) is 17.3 Å². The minimum Gasteiger partial charge on any atom is -0.328 e. The lowest BCUT2D eigenvalue weighted by molar-refractivity contribution is 0.735. The van der Waals surface area contributed by atoms with Gasteiger partial charge in [-0.15, -0.1) is 0 Å². The highest BCUT2D eigenvalue weighted by Crippen LogP contribution is 2.24. The third-order valence-corrected chi connectivity index (χ3v) is 3.04. The Morgan fingerprint density at radius 2 is 2.00 bits per heavy atom. The largest absolute Gasteiger partial charge is 0.328 e. The number of benzene rings is 1. The summed E-state index contributed by atoms with van der Waals surface area (Å²) in [5.74, 6) is 0. The summed E-state index contributed by atoms with van der Waals surface area (Å²) < 4.78 is 1.76. The topological polar surface area (TPSA) is 43.8 Å². The molecule has 3 nitrogen and oxygen atoms in total. The smallest absolute Gasteiger partial charge is 0.136 e. The van der Waals surface area contributed by atoms with Crippen molar-refractivity contribution in [2.24, 2.45) is 5.73 Å².